The summed E-state index contributed by atoms with van der Waals surface area (Å²) in [6.07, 6.45) is 1.64. The minimum atomic E-state index is -0.174. The Bertz CT molecular complexity index is 359. The molecule has 2 rings (SSSR count). The average Bonchev–Trinajstić information content (AvgIpc) is 2.30. The predicted octanol–water partition coefficient (Wildman–Crippen LogP) is 0.935. The molecule has 1 aliphatic heterocycles. The number of aromatic nitrogens is 1. The fraction of sp³-hybridized carbons (Fsp3) is 0.364. The maximum Gasteiger partial charge on any atom is 0.163 e. The number of rotatable bonds is 2. The molecule has 4 heteroatoms. The van der Waals surface area contributed by atoms with Crippen molar-refractivity contribution < 1.29 is 9.53 Å². The second-order valence-electron chi connectivity index (χ2n) is 3.43. The highest BCUT2D eigenvalue weighted by Crippen LogP contribution is 2.14. The van der Waals surface area contributed by atoms with Gasteiger partial charge in [0.15, 0.2) is 5.78 Å². The maximum absolute atomic E-state index is 11.1. The molecule has 0 aliphatic carbocycles. The van der Waals surface area contributed by atoms with Crippen molar-refractivity contribution in [3.8, 4) is 0 Å². The molecule has 1 aromatic heterocycles. The van der Waals surface area contributed by atoms with Crippen molar-refractivity contribution in [3.05, 3.63) is 30.8 Å². The summed E-state index contributed by atoms with van der Waals surface area (Å²) in [5.74, 6) is 0.653. The summed E-state index contributed by atoms with van der Waals surface area (Å²) >= 11 is 0. The van der Waals surface area contributed by atoms with Gasteiger partial charge in [0.05, 0.1) is 13.2 Å². The Morgan fingerprint density at radius 1 is 1.47 bits per heavy atom. The van der Waals surface area contributed by atoms with Crippen molar-refractivity contribution in [2.75, 3.05) is 31.2 Å². The molecule has 0 bridgehead atoms. The molecule has 0 saturated carbocycles. The van der Waals surface area contributed by atoms with Crippen LogP contribution in [0, 0.1) is 6.92 Å². The molecule has 15 heavy (non-hydrogen) atoms. The molecular weight excluding hydrogens is 192 g/mol. The van der Waals surface area contributed by atoms with Gasteiger partial charge in [0.1, 0.15) is 5.82 Å². The van der Waals surface area contributed by atoms with E-state index in [0.717, 1.165) is 18.9 Å². The molecule has 2 heterocycles. The molecule has 79 valence electrons. The van der Waals surface area contributed by atoms with E-state index >= 15 is 0 Å². The van der Waals surface area contributed by atoms with E-state index in [0.29, 0.717) is 18.8 Å². The van der Waals surface area contributed by atoms with E-state index in [4.69, 9.17) is 4.74 Å². The van der Waals surface area contributed by atoms with Crippen LogP contribution >= 0.6 is 0 Å². The van der Waals surface area contributed by atoms with Crippen LogP contribution in [-0.4, -0.2) is 37.1 Å². The van der Waals surface area contributed by atoms with Gasteiger partial charge in [0, 0.05) is 31.8 Å². The van der Waals surface area contributed by atoms with Crippen LogP contribution in [0.5, 0.6) is 0 Å². The van der Waals surface area contributed by atoms with Gasteiger partial charge >= 0.3 is 0 Å². The minimum Gasteiger partial charge on any atom is -0.378 e. The zero-order valence-electron chi connectivity index (χ0n) is 8.48. The molecule has 1 aliphatic rings. The number of hydrogen-bond acceptors (Lipinski definition) is 4. The van der Waals surface area contributed by atoms with Crippen molar-refractivity contribution in [1.82, 2.24) is 4.98 Å². The van der Waals surface area contributed by atoms with Crippen LogP contribution in [0.4, 0.5) is 5.82 Å². The molecule has 0 unspecified atom stereocenters. The molecule has 0 atom stereocenters. The zero-order valence-corrected chi connectivity index (χ0v) is 8.48. The third-order valence-electron chi connectivity index (χ3n) is 2.40. The van der Waals surface area contributed by atoms with Gasteiger partial charge in [0.2, 0.25) is 0 Å². The second kappa shape index (κ2) is 4.40. The summed E-state index contributed by atoms with van der Waals surface area (Å²) in [5.41, 5.74) is 0.603. The van der Waals surface area contributed by atoms with Crippen LogP contribution in [0.25, 0.3) is 0 Å². The lowest BCUT2D eigenvalue weighted by Crippen LogP contribution is -2.36. The van der Waals surface area contributed by atoms with E-state index < -0.39 is 0 Å². The highest BCUT2D eigenvalue weighted by molar-refractivity contribution is 5.99. The third kappa shape index (κ3) is 2.33. The topological polar surface area (TPSA) is 42.4 Å². The van der Waals surface area contributed by atoms with Gasteiger partial charge < -0.3 is 9.64 Å². The minimum absolute atomic E-state index is 0.174. The normalized spacial score (nSPS) is 16.5. The van der Waals surface area contributed by atoms with Crippen molar-refractivity contribution in [3.63, 3.8) is 0 Å². The standard InChI is InChI=1S/C11H13N2O2/c1-9(14)10-2-3-12-11(8-10)13-4-6-15-7-5-13/h2-3,8H,1,4-7H2. The van der Waals surface area contributed by atoms with Gasteiger partial charge in [-0.25, -0.2) is 4.98 Å². The number of hydrogen-bond donors (Lipinski definition) is 0. The van der Waals surface area contributed by atoms with Crippen molar-refractivity contribution in [2.45, 2.75) is 0 Å². The number of nitrogens with zero attached hydrogens (tertiary/aromatic N) is 2. The molecular formula is C11H13N2O2. The molecule has 1 saturated heterocycles. The van der Waals surface area contributed by atoms with Crippen LogP contribution in [0.15, 0.2) is 18.3 Å². The van der Waals surface area contributed by atoms with E-state index in [9.17, 15) is 4.79 Å². The number of pyridine rings is 1. The lowest BCUT2D eigenvalue weighted by Gasteiger charge is -2.27. The van der Waals surface area contributed by atoms with Crippen molar-refractivity contribution >= 4 is 11.6 Å². The summed E-state index contributed by atoms with van der Waals surface area (Å²) in [6.45, 7) is 6.45. The van der Waals surface area contributed by atoms with Crippen molar-refractivity contribution in [2.24, 2.45) is 0 Å². The molecule has 1 radical (unpaired) electrons. The molecule has 0 spiro atoms. The first-order valence-corrected chi connectivity index (χ1v) is 4.92. The fourth-order valence-corrected chi connectivity index (χ4v) is 1.56. The Kier molecular flexibility index (Phi) is 2.97. The van der Waals surface area contributed by atoms with Crippen LogP contribution in [0.3, 0.4) is 0 Å². The smallest absolute Gasteiger partial charge is 0.163 e. The fourth-order valence-electron chi connectivity index (χ4n) is 1.56. The number of morpholine rings is 1. The molecule has 1 aromatic rings. The summed E-state index contributed by atoms with van der Waals surface area (Å²) in [5, 5.41) is 0. The van der Waals surface area contributed by atoms with Crippen LogP contribution in [-0.2, 0) is 4.74 Å². The first-order chi connectivity index (χ1) is 7.27. The molecule has 1 fully saturated rings. The monoisotopic (exact) mass is 205 g/mol. The third-order valence-corrected chi connectivity index (χ3v) is 2.40. The van der Waals surface area contributed by atoms with Crippen LogP contribution < -0.4 is 4.90 Å². The Hall–Kier alpha value is -1.42. The number of anilines is 1. The lowest BCUT2D eigenvalue weighted by atomic mass is 10.2. The zero-order chi connectivity index (χ0) is 10.7. The molecule has 0 aromatic carbocycles. The number of carbonyl (C=O) groups is 1. The maximum atomic E-state index is 11.1. The predicted molar refractivity (Wildman–Crippen MR) is 57.0 cm³/mol. The van der Waals surface area contributed by atoms with E-state index in [2.05, 4.69) is 16.8 Å². The number of Topliss-reactive ketones (excluding diaryl/α,β-unsaturated/α-hetero) is 1. The SMILES string of the molecule is [CH2]C(=O)c1ccnc(N2CCOCC2)c1. The second-order valence-corrected chi connectivity index (χ2v) is 3.43. The summed E-state index contributed by atoms with van der Waals surface area (Å²) in [7, 11) is 0. The summed E-state index contributed by atoms with van der Waals surface area (Å²) in [4.78, 5) is 17.4. The van der Waals surface area contributed by atoms with Gasteiger partial charge in [-0.05, 0) is 12.1 Å². The Morgan fingerprint density at radius 3 is 2.87 bits per heavy atom. The van der Waals surface area contributed by atoms with Gasteiger partial charge in [-0.1, -0.05) is 0 Å². The van der Waals surface area contributed by atoms with Crippen LogP contribution in [0.1, 0.15) is 10.4 Å². The van der Waals surface area contributed by atoms with E-state index in [1.165, 1.54) is 0 Å². The molecule has 0 amide bonds. The number of ketones is 1. The van der Waals surface area contributed by atoms with Gasteiger partial charge in [0.25, 0.3) is 0 Å². The Balaban J connectivity index is 2.19. The number of ether oxygens (including phenoxy) is 1. The largest absolute Gasteiger partial charge is 0.378 e. The summed E-state index contributed by atoms with van der Waals surface area (Å²) in [6, 6.07) is 3.46. The average molecular weight is 205 g/mol. The van der Waals surface area contributed by atoms with E-state index in [-0.39, 0.29) is 5.78 Å². The van der Waals surface area contributed by atoms with Crippen molar-refractivity contribution in [1.29, 1.82) is 0 Å². The molecule has 4 nitrogen and oxygen atoms in total. The van der Waals surface area contributed by atoms with Gasteiger partial charge in [-0.2, -0.15) is 0 Å². The Morgan fingerprint density at radius 2 is 2.20 bits per heavy atom. The number of carbonyl (C=O) groups excluding carboxylic acids is 1. The Labute approximate surface area is 88.9 Å². The highest BCUT2D eigenvalue weighted by Gasteiger charge is 2.13. The van der Waals surface area contributed by atoms with E-state index in [1.54, 1.807) is 18.3 Å². The first-order valence-electron chi connectivity index (χ1n) is 4.92. The molecule has 0 N–H and O–H groups in total. The van der Waals surface area contributed by atoms with E-state index in [1.807, 2.05) is 0 Å². The first kappa shape index (κ1) is 10.1. The summed E-state index contributed by atoms with van der Waals surface area (Å²) < 4.78 is 5.25. The van der Waals surface area contributed by atoms with Gasteiger partial charge in [-0.15, -0.1) is 0 Å². The lowest BCUT2D eigenvalue weighted by molar-refractivity contribution is 0.104. The van der Waals surface area contributed by atoms with Gasteiger partial charge in [-0.3, -0.25) is 4.79 Å². The van der Waals surface area contributed by atoms with Crippen LogP contribution in [0.2, 0.25) is 0 Å². The highest BCUT2D eigenvalue weighted by atomic mass is 16.5. The quantitative estimate of drug-likeness (QED) is 0.674.